The predicted molar refractivity (Wildman–Crippen MR) is 120 cm³/mol. The Bertz CT molecular complexity index is 1420. The summed E-state index contributed by atoms with van der Waals surface area (Å²) in [5.41, 5.74) is 2.42. The maximum absolute atomic E-state index is 12.7. The minimum absolute atomic E-state index is 0.0173. The Morgan fingerprint density at radius 3 is 2.53 bits per heavy atom. The summed E-state index contributed by atoms with van der Waals surface area (Å²) in [7, 11) is -4.03. The molecule has 0 aliphatic heterocycles. The van der Waals surface area contributed by atoms with Crippen LogP contribution in [0.4, 0.5) is 0 Å². The Hall–Kier alpha value is -3.27. The van der Waals surface area contributed by atoms with Gasteiger partial charge in [0, 0.05) is 5.02 Å². The number of rotatable bonds is 6. The average molecular weight is 471 g/mol. The number of pyridine rings is 1. The van der Waals surface area contributed by atoms with E-state index in [1.807, 2.05) is 10.8 Å². The lowest BCUT2D eigenvalue weighted by Gasteiger charge is -2.10. The molecule has 0 fully saturated rings. The summed E-state index contributed by atoms with van der Waals surface area (Å²) in [4.78, 5) is 21.5. The molecule has 0 atom stereocenters. The molecule has 0 saturated heterocycles. The molecule has 0 aliphatic rings. The van der Waals surface area contributed by atoms with E-state index in [4.69, 9.17) is 11.6 Å². The number of hydrogen-bond acceptors (Lipinski definition) is 6. The molecule has 1 amide bonds. The van der Waals surface area contributed by atoms with Crippen LogP contribution in [0.1, 0.15) is 27.4 Å². The fourth-order valence-corrected chi connectivity index (χ4v) is 4.50. The topological polar surface area (TPSA) is 114 Å². The molecule has 0 saturated carbocycles. The van der Waals surface area contributed by atoms with Crippen LogP contribution in [0, 0.1) is 6.92 Å². The van der Waals surface area contributed by atoms with E-state index in [1.165, 1.54) is 18.2 Å². The van der Waals surface area contributed by atoms with Crippen molar-refractivity contribution in [3.8, 4) is 0 Å². The molecule has 2 aromatic carbocycles. The smallest absolute Gasteiger partial charge is 0.283 e. The lowest BCUT2D eigenvalue weighted by molar-refractivity contribution is 0.0977. The SMILES string of the molecule is Cc1nc2ccc(C(=O)NS(=O)(=O)c3ccccc3)nc2n1Cc1ccc(CO)cc1Cl. The van der Waals surface area contributed by atoms with E-state index in [-0.39, 0.29) is 17.2 Å². The third kappa shape index (κ3) is 4.36. The van der Waals surface area contributed by atoms with E-state index < -0.39 is 15.9 Å². The lowest BCUT2D eigenvalue weighted by Crippen LogP contribution is -2.31. The quantitative estimate of drug-likeness (QED) is 0.447. The summed E-state index contributed by atoms with van der Waals surface area (Å²) in [6.07, 6.45) is 0. The van der Waals surface area contributed by atoms with Gasteiger partial charge in [-0.3, -0.25) is 4.79 Å². The number of carbonyl (C=O) groups excluding carboxylic acids is 1. The summed E-state index contributed by atoms with van der Waals surface area (Å²) < 4.78 is 28.8. The van der Waals surface area contributed by atoms with Gasteiger partial charge in [0.2, 0.25) is 0 Å². The van der Waals surface area contributed by atoms with Gasteiger partial charge in [-0.1, -0.05) is 41.9 Å². The van der Waals surface area contributed by atoms with E-state index in [2.05, 4.69) is 9.97 Å². The molecule has 164 valence electrons. The van der Waals surface area contributed by atoms with Gasteiger partial charge in [-0.2, -0.15) is 0 Å². The Morgan fingerprint density at radius 2 is 1.84 bits per heavy atom. The van der Waals surface area contributed by atoms with Crippen molar-refractivity contribution in [1.82, 2.24) is 19.3 Å². The molecular weight excluding hydrogens is 452 g/mol. The molecule has 8 nitrogen and oxygen atoms in total. The number of aromatic nitrogens is 3. The number of aliphatic hydroxyl groups is 1. The van der Waals surface area contributed by atoms with E-state index in [9.17, 15) is 18.3 Å². The first-order valence-electron chi connectivity index (χ1n) is 9.63. The lowest BCUT2D eigenvalue weighted by atomic mass is 10.1. The van der Waals surface area contributed by atoms with Crippen LogP contribution >= 0.6 is 11.6 Å². The number of aliphatic hydroxyl groups excluding tert-OH is 1. The fourth-order valence-electron chi connectivity index (χ4n) is 3.25. The third-order valence-electron chi connectivity index (χ3n) is 4.92. The molecule has 0 radical (unpaired) electrons. The zero-order valence-electron chi connectivity index (χ0n) is 17.0. The van der Waals surface area contributed by atoms with Crippen LogP contribution in [0.25, 0.3) is 11.2 Å². The van der Waals surface area contributed by atoms with Crippen LogP contribution in [-0.4, -0.2) is 34.0 Å². The van der Waals surface area contributed by atoms with Crippen molar-refractivity contribution in [3.63, 3.8) is 0 Å². The largest absolute Gasteiger partial charge is 0.392 e. The van der Waals surface area contributed by atoms with E-state index >= 15 is 0 Å². The van der Waals surface area contributed by atoms with Crippen LogP contribution in [0.3, 0.4) is 0 Å². The second-order valence-electron chi connectivity index (χ2n) is 7.12. The van der Waals surface area contributed by atoms with Crippen molar-refractivity contribution in [3.05, 3.63) is 88.3 Å². The van der Waals surface area contributed by atoms with Crippen molar-refractivity contribution in [2.45, 2.75) is 25.0 Å². The molecular formula is C22H19ClN4O4S. The van der Waals surface area contributed by atoms with Gasteiger partial charge >= 0.3 is 0 Å². The molecule has 10 heteroatoms. The first-order valence-corrected chi connectivity index (χ1v) is 11.5. The van der Waals surface area contributed by atoms with Crippen molar-refractivity contribution in [1.29, 1.82) is 0 Å². The minimum atomic E-state index is -4.03. The highest BCUT2D eigenvalue weighted by molar-refractivity contribution is 7.90. The summed E-state index contributed by atoms with van der Waals surface area (Å²) in [6, 6.07) is 15.9. The predicted octanol–water partition coefficient (Wildman–Crippen LogP) is 3.05. The standard InChI is InChI=1S/C22H19ClN4O4S/c1-14-24-19-9-10-20(22(29)26-32(30,31)17-5-3-2-4-6-17)25-21(19)27(14)12-16-8-7-15(13-28)11-18(16)23/h2-11,28H,12-13H2,1H3,(H,26,29). The van der Waals surface area contributed by atoms with Gasteiger partial charge in [-0.15, -0.1) is 0 Å². The van der Waals surface area contributed by atoms with Crippen LogP contribution in [0.2, 0.25) is 5.02 Å². The number of carbonyl (C=O) groups is 1. The van der Waals surface area contributed by atoms with Crippen LogP contribution in [-0.2, 0) is 23.2 Å². The first-order chi connectivity index (χ1) is 15.3. The minimum Gasteiger partial charge on any atom is -0.392 e. The van der Waals surface area contributed by atoms with Gasteiger partial charge in [0.15, 0.2) is 5.65 Å². The number of nitrogens with one attached hydrogen (secondary N) is 1. The van der Waals surface area contributed by atoms with Crippen LogP contribution < -0.4 is 4.72 Å². The second-order valence-corrected chi connectivity index (χ2v) is 9.21. The van der Waals surface area contributed by atoms with E-state index in [0.717, 1.165) is 5.56 Å². The fraction of sp³-hybridized carbons (Fsp3) is 0.136. The van der Waals surface area contributed by atoms with Crippen molar-refractivity contribution >= 4 is 38.7 Å². The molecule has 2 aromatic heterocycles. The zero-order valence-corrected chi connectivity index (χ0v) is 18.6. The van der Waals surface area contributed by atoms with Gasteiger partial charge < -0.3 is 9.67 Å². The second kappa shape index (κ2) is 8.70. The maximum atomic E-state index is 12.7. The van der Waals surface area contributed by atoms with E-state index in [1.54, 1.807) is 47.9 Å². The first kappa shape index (κ1) is 21.9. The number of hydrogen-bond donors (Lipinski definition) is 2. The summed E-state index contributed by atoms with van der Waals surface area (Å²) in [5.74, 6) is -0.184. The molecule has 0 bridgehead atoms. The molecule has 4 rings (SSSR count). The van der Waals surface area contributed by atoms with Crippen molar-refractivity contribution in [2.24, 2.45) is 0 Å². The van der Waals surface area contributed by atoms with Gasteiger partial charge in [0.05, 0.1) is 18.0 Å². The van der Waals surface area contributed by atoms with Crippen molar-refractivity contribution in [2.75, 3.05) is 0 Å². The number of imidazole rings is 1. The molecule has 2 N–H and O–H groups in total. The average Bonchev–Trinajstić information content (AvgIpc) is 3.09. The summed E-state index contributed by atoms with van der Waals surface area (Å²) in [6.45, 7) is 2.03. The number of sulfonamides is 1. The zero-order chi connectivity index (χ0) is 22.9. The summed E-state index contributed by atoms with van der Waals surface area (Å²) >= 11 is 6.35. The maximum Gasteiger partial charge on any atom is 0.283 e. The number of nitrogens with zero attached hydrogens (tertiary/aromatic N) is 3. The molecule has 0 aliphatic carbocycles. The third-order valence-corrected chi connectivity index (χ3v) is 6.62. The number of fused-ring (bicyclic) bond motifs is 1. The Kier molecular flexibility index (Phi) is 5.96. The van der Waals surface area contributed by atoms with Crippen LogP contribution in [0.5, 0.6) is 0 Å². The highest BCUT2D eigenvalue weighted by Gasteiger charge is 2.21. The molecule has 0 spiro atoms. The Labute approximate surface area is 189 Å². The molecule has 0 unspecified atom stereocenters. The molecule has 4 aromatic rings. The Balaban J connectivity index is 1.66. The molecule has 2 heterocycles. The van der Waals surface area contributed by atoms with E-state index in [0.29, 0.717) is 34.1 Å². The summed E-state index contributed by atoms with van der Waals surface area (Å²) in [5, 5.41) is 9.75. The molecule has 32 heavy (non-hydrogen) atoms. The van der Waals surface area contributed by atoms with Gasteiger partial charge in [-0.25, -0.2) is 23.1 Å². The van der Waals surface area contributed by atoms with Gasteiger partial charge in [-0.05, 0) is 48.4 Å². The number of halogens is 1. The normalized spacial score (nSPS) is 11.6. The monoisotopic (exact) mass is 470 g/mol. The van der Waals surface area contributed by atoms with Crippen molar-refractivity contribution < 1.29 is 18.3 Å². The highest BCUT2D eigenvalue weighted by Crippen LogP contribution is 2.22. The van der Waals surface area contributed by atoms with Crippen LogP contribution in [0.15, 0.2) is 65.6 Å². The van der Waals surface area contributed by atoms with Gasteiger partial charge in [0.1, 0.15) is 17.0 Å². The Morgan fingerprint density at radius 1 is 1.09 bits per heavy atom. The number of aryl methyl sites for hydroxylation is 1. The number of benzene rings is 2. The van der Waals surface area contributed by atoms with Gasteiger partial charge in [0.25, 0.3) is 15.9 Å². The number of amides is 1. The highest BCUT2D eigenvalue weighted by atomic mass is 35.5.